The highest BCUT2D eigenvalue weighted by molar-refractivity contribution is 6.42. The molecule has 2 rings (SSSR count). The van der Waals surface area contributed by atoms with Gasteiger partial charge in [-0.15, -0.1) is 0 Å². The highest BCUT2D eigenvalue weighted by Gasteiger charge is 2.20. The van der Waals surface area contributed by atoms with Gasteiger partial charge < -0.3 is 9.84 Å². The van der Waals surface area contributed by atoms with E-state index in [0.717, 1.165) is 5.56 Å². The molecule has 0 spiro atoms. The molecule has 2 aromatic carbocycles. The van der Waals surface area contributed by atoms with Gasteiger partial charge in [0.2, 0.25) is 0 Å². The van der Waals surface area contributed by atoms with E-state index in [1.54, 1.807) is 42.5 Å². The average molecular weight is 311 g/mol. The van der Waals surface area contributed by atoms with Gasteiger partial charge in [0.15, 0.2) is 6.10 Å². The minimum atomic E-state index is -1.03. The molecule has 0 aliphatic heterocycles. The Morgan fingerprint density at radius 3 is 2.40 bits per heavy atom. The van der Waals surface area contributed by atoms with E-state index in [1.807, 2.05) is 6.07 Å². The molecule has 0 aromatic heterocycles. The lowest BCUT2D eigenvalue weighted by atomic mass is 10.1. The van der Waals surface area contributed by atoms with E-state index in [-0.39, 0.29) is 6.42 Å². The van der Waals surface area contributed by atoms with Crippen LogP contribution >= 0.6 is 23.2 Å². The van der Waals surface area contributed by atoms with Gasteiger partial charge in [-0.05, 0) is 29.8 Å². The van der Waals surface area contributed by atoms with Crippen LogP contribution in [0.15, 0.2) is 48.5 Å². The molecule has 5 heteroatoms. The zero-order valence-corrected chi connectivity index (χ0v) is 11.9. The molecule has 0 heterocycles. The maximum atomic E-state index is 11.3. The first-order chi connectivity index (χ1) is 9.56. The van der Waals surface area contributed by atoms with E-state index in [9.17, 15) is 9.90 Å². The van der Waals surface area contributed by atoms with E-state index in [4.69, 9.17) is 27.9 Å². The Morgan fingerprint density at radius 2 is 1.80 bits per heavy atom. The molecule has 3 nitrogen and oxygen atoms in total. The van der Waals surface area contributed by atoms with Crippen LogP contribution in [0.1, 0.15) is 5.56 Å². The van der Waals surface area contributed by atoms with Crippen LogP contribution in [0.25, 0.3) is 0 Å². The molecule has 0 aliphatic rings. The number of ether oxygens (including phenoxy) is 1. The predicted molar refractivity (Wildman–Crippen MR) is 78.7 cm³/mol. The van der Waals surface area contributed by atoms with Gasteiger partial charge in [0.1, 0.15) is 5.75 Å². The SMILES string of the molecule is O=C(O)[C@H](Cc1ccc(Cl)c(Cl)c1)Oc1ccccc1. The van der Waals surface area contributed by atoms with Crippen molar-refractivity contribution in [2.45, 2.75) is 12.5 Å². The van der Waals surface area contributed by atoms with Crippen molar-refractivity contribution in [2.24, 2.45) is 0 Å². The number of hydrogen-bond acceptors (Lipinski definition) is 2. The van der Waals surface area contributed by atoms with Crippen LogP contribution in [0.5, 0.6) is 5.75 Å². The minimum Gasteiger partial charge on any atom is -0.478 e. The molecular weight excluding hydrogens is 299 g/mol. The van der Waals surface area contributed by atoms with Crippen molar-refractivity contribution < 1.29 is 14.6 Å². The summed E-state index contributed by atoms with van der Waals surface area (Å²) in [7, 11) is 0. The Kier molecular flexibility index (Phi) is 4.88. The number of para-hydroxylation sites is 1. The number of aliphatic carboxylic acids is 1. The summed E-state index contributed by atoms with van der Waals surface area (Å²) in [5, 5.41) is 10.1. The van der Waals surface area contributed by atoms with Crippen molar-refractivity contribution in [1.82, 2.24) is 0 Å². The summed E-state index contributed by atoms with van der Waals surface area (Å²) in [6.07, 6.45) is -0.768. The third-order valence-corrected chi connectivity index (χ3v) is 3.44. The van der Waals surface area contributed by atoms with Crippen molar-refractivity contribution in [3.63, 3.8) is 0 Å². The Bertz CT molecular complexity index is 599. The normalized spacial score (nSPS) is 11.9. The van der Waals surface area contributed by atoms with Crippen molar-refractivity contribution in [3.8, 4) is 5.75 Å². The second-order valence-corrected chi connectivity index (χ2v) is 5.02. The summed E-state index contributed by atoms with van der Waals surface area (Å²) >= 11 is 11.7. The lowest BCUT2D eigenvalue weighted by Gasteiger charge is -2.15. The summed E-state index contributed by atoms with van der Waals surface area (Å²) in [4.78, 5) is 11.3. The van der Waals surface area contributed by atoms with Crippen molar-refractivity contribution in [3.05, 3.63) is 64.1 Å². The Labute approximate surface area is 126 Å². The minimum absolute atomic E-state index is 0.209. The number of hydrogen-bond donors (Lipinski definition) is 1. The first-order valence-corrected chi connectivity index (χ1v) is 6.70. The molecule has 0 saturated heterocycles. The van der Waals surface area contributed by atoms with E-state index < -0.39 is 12.1 Å². The molecule has 0 saturated carbocycles. The summed E-state index contributed by atoms with van der Waals surface area (Å²) in [5.74, 6) is -0.514. The highest BCUT2D eigenvalue weighted by atomic mass is 35.5. The standard InChI is InChI=1S/C15H12Cl2O3/c16-12-7-6-10(8-13(12)17)9-14(15(18)19)20-11-4-2-1-3-5-11/h1-8,14H,9H2,(H,18,19)/t14-/m0/s1. The third-order valence-electron chi connectivity index (χ3n) is 2.70. The van der Waals surface area contributed by atoms with Crippen LogP contribution in [0.3, 0.4) is 0 Å². The molecule has 1 atom stereocenters. The van der Waals surface area contributed by atoms with E-state index in [1.165, 1.54) is 0 Å². The Balaban J connectivity index is 2.13. The Hall–Kier alpha value is -1.71. The number of carboxylic acids is 1. The van der Waals surface area contributed by atoms with E-state index in [2.05, 4.69) is 0 Å². The molecule has 0 fully saturated rings. The summed E-state index contributed by atoms with van der Waals surface area (Å²) in [6.45, 7) is 0. The van der Waals surface area contributed by atoms with Crippen LogP contribution in [0.2, 0.25) is 10.0 Å². The van der Waals surface area contributed by atoms with Crippen molar-refractivity contribution in [2.75, 3.05) is 0 Å². The summed E-state index contributed by atoms with van der Waals surface area (Å²) < 4.78 is 5.47. The van der Waals surface area contributed by atoms with Gasteiger partial charge in [0.25, 0.3) is 0 Å². The lowest BCUT2D eigenvalue weighted by Crippen LogP contribution is -2.29. The van der Waals surface area contributed by atoms with Crippen molar-refractivity contribution in [1.29, 1.82) is 0 Å². The van der Waals surface area contributed by atoms with Crippen LogP contribution in [-0.4, -0.2) is 17.2 Å². The lowest BCUT2D eigenvalue weighted by molar-refractivity contribution is -0.145. The van der Waals surface area contributed by atoms with Gasteiger partial charge in [-0.1, -0.05) is 47.5 Å². The summed E-state index contributed by atoms with van der Waals surface area (Å²) in [5.41, 5.74) is 0.753. The van der Waals surface area contributed by atoms with Gasteiger partial charge in [0, 0.05) is 6.42 Å². The Morgan fingerprint density at radius 1 is 1.10 bits per heavy atom. The molecule has 0 bridgehead atoms. The zero-order valence-electron chi connectivity index (χ0n) is 10.4. The first kappa shape index (κ1) is 14.7. The maximum absolute atomic E-state index is 11.3. The number of benzene rings is 2. The molecular formula is C15H12Cl2O3. The average Bonchev–Trinajstić information content (AvgIpc) is 2.43. The number of rotatable bonds is 5. The van der Waals surface area contributed by atoms with Crippen LogP contribution in [-0.2, 0) is 11.2 Å². The quantitative estimate of drug-likeness (QED) is 0.905. The van der Waals surface area contributed by atoms with Crippen molar-refractivity contribution >= 4 is 29.2 Å². The predicted octanol–water partition coefficient (Wildman–Crippen LogP) is 4.07. The van der Waals surface area contributed by atoms with Gasteiger partial charge in [-0.25, -0.2) is 4.79 Å². The fourth-order valence-electron chi connectivity index (χ4n) is 1.72. The molecule has 1 N–H and O–H groups in total. The van der Waals surface area contributed by atoms with Gasteiger partial charge in [0.05, 0.1) is 10.0 Å². The molecule has 0 unspecified atom stereocenters. The number of carboxylic acid groups (broad SMARTS) is 1. The van der Waals surface area contributed by atoms with Crippen LogP contribution in [0, 0.1) is 0 Å². The van der Waals surface area contributed by atoms with Crippen LogP contribution in [0.4, 0.5) is 0 Å². The molecule has 20 heavy (non-hydrogen) atoms. The fourth-order valence-corrected chi connectivity index (χ4v) is 2.04. The fraction of sp³-hybridized carbons (Fsp3) is 0.133. The molecule has 0 amide bonds. The third kappa shape index (κ3) is 3.89. The molecule has 2 aromatic rings. The second kappa shape index (κ2) is 6.64. The molecule has 0 radical (unpaired) electrons. The van der Waals surface area contributed by atoms with Gasteiger partial charge >= 0.3 is 5.97 Å². The van der Waals surface area contributed by atoms with Crippen LogP contribution < -0.4 is 4.74 Å². The van der Waals surface area contributed by atoms with E-state index >= 15 is 0 Å². The van der Waals surface area contributed by atoms with Gasteiger partial charge in [-0.3, -0.25) is 0 Å². The second-order valence-electron chi connectivity index (χ2n) is 4.21. The highest BCUT2D eigenvalue weighted by Crippen LogP contribution is 2.24. The maximum Gasteiger partial charge on any atom is 0.345 e. The largest absolute Gasteiger partial charge is 0.478 e. The first-order valence-electron chi connectivity index (χ1n) is 5.94. The van der Waals surface area contributed by atoms with Gasteiger partial charge in [-0.2, -0.15) is 0 Å². The van der Waals surface area contributed by atoms with E-state index in [0.29, 0.717) is 15.8 Å². The summed E-state index contributed by atoms with van der Waals surface area (Å²) in [6, 6.07) is 13.9. The number of halogens is 2. The number of carbonyl (C=O) groups is 1. The monoisotopic (exact) mass is 310 g/mol. The topological polar surface area (TPSA) is 46.5 Å². The smallest absolute Gasteiger partial charge is 0.345 e. The molecule has 0 aliphatic carbocycles. The zero-order chi connectivity index (χ0) is 14.5. The molecule has 104 valence electrons.